The maximum absolute atomic E-state index is 14.1. The fraction of sp³-hybridized carbons (Fsp3) is 0.308. The monoisotopic (exact) mass is 265 g/mol. The van der Waals surface area contributed by atoms with Crippen LogP contribution in [0.5, 0.6) is 0 Å². The second-order valence-corrected chi connectivity index (χ2v) is 4.87. The van der Waals surface area contributed by atoms with Crippen LogP contribution in [-0.4, -0.2) is 16.5 Å². The Balaban J connectivity index is 2.16. The molecular formula is C13H13ClFN3. The zero-order chi connectivity index (χ0) is 12.7. The lowest BCUT2D eigenvalue weighted by atomic mass is 9.96. The van der Waals surface area contributed by atoms with E-state index in [0.717, 1.165) is 29.9 Å². The molecule has 1 aromatic heterocycles. The molecule has 0 saturated carbocycles. The van der Waals surface area contributed by atoms with Crippen LogP contribution < -0.4 is 5.32 Å². The largest absolute Gasteiger partial charge is 0.348 e. The van der Waals surface area contributed by atoms with Gasteiger partial charge in [0.25, 0.3) is 0 Å². The highest BCUT2D eigenvalue weighted by molar-refractivity contribution is 6.32. The van der Waals surface area contributed by atoms with Gasteiger partial charge in [0.05, 0.1) is 23.1 Å². The summed E-state index contributed by atoms with van der Waals surface area (Å²) in [6, 6.07) is 2.88. The Labute approximate surface area is 109 Å². The molecule has 0 unspecified atom stereocenters. The molecule has 2 aromatic rings. The van der Waals surface area contributed by atoms with Gasteiger partial charge in [-0.15, -0.1) is 0 Å². The number of fused-ring (bicyclic) bond motifs is 1. The second kappa shape index (κ2) is 4.37. The average molecular weight is 266 g/mol. The van der Waals surface area contributed by atoms with Crippen molar-refractivity contribution in [3.8, 4) is 0 Å². The first-order valence-corrected chi connectivity index (χ1v) is 6.26. The van der Waals surface area contributed by atoms with Crippen LogP contribution in [0.1, 0.15) is 28.6 Å². The number of aromatic amines is 1. The highest BCUT2D eigenvalue weighted by Gasteiger charge is 2.28. The highest BCUT2D eigenvalue weighted by Crippen LogP contribution is 2.34. The zero-order valence-corrected chi connectivity index (χ0v) is 10.7. The van der Waals surface area contributed by atoms with E-state index in [2.05, 4.69) is 15.3 Å². The van der Waals surface area contributed by atoms with E-state index in [4.69, 9.17) is 11.6 Å². The van der Waals surface area contributed by atoms with Crippen molar-refractivity contribution in [2.24, 2.45) is 0 Å². The Kier molecular flexibility index (Phi) is 2.84. The fourth-order valence-corrected chi connectivity index (χ4v) is 2.66. The van der Waals surface area contributed by atoms with Gasteiger partial charge in [0.2, 0.25) is 0 Å². The molecule has 18 heavy (non-hydrogen) atoms. The van der Waals surface area contributed by atoms with Crippen LogP contribution in [0.2, 0.25) is 5.02 Å². The molecule has 0 fully saturated rings. The number of aryl methyl sites for hydroxylation is 1. The number of nitrogens with zero attached hydrogens (tertiary/aromatic N) is 1. The molecule has 1 aromatic carbocycles. The van der Waals surface area contributed by atoms with E-state index in [1.54, 1.807) is 12.4 Å². The average Bonchev–Trinajstić information content (AvgIpc) is 2.83. The predicted octanol–water partition coefficient (Wildman–Crippen LogP) is 2.75. The third-order valence-electron chi connectivity index (χ3n) is 3.36. The third-order valence-corrected chi connectivity index (χ3v) is 3.86. The van der Waals surface area contributed by atoms with Crippen LogP contribution >= 0.6 is 11.6 Å². The second-order valence-electron chi connectivity index (χ2n) is 4.50. The summed E-state index contributed by atoms with van der Waals surface area (Å²) in [7, 11) is 0. The van der Waals surface area contributed by atoms with Crippen LogP contribution in [0.4, 0.5) is 4.39 Å². The molecular weight excluding hydrogens is 253 g/mol. The number of aromatic nitrogens is 2. The summed E-state index contributed by atoms with van der Waals surface area (Å²) in [5.41, 5.74) is 3.26. The molecule has 0 spiro atoms. The van der Waals surface area contributed by atoms with Crippen molar-refractivity contribution in [2.45, 2.75) is 19.4 Å². The molecule has 2 N–H and O–H groups in total. The lowest BCUT2D eigenvalue weighted by molar-refractivity contribution is 0.518. The van der Waals surface area contributed by atoms with Crippen LogP contribution in [0.25, 0.3) is 0 Å². The van der Waals surface area contributed by atoms with E-state index in [1.807, 2.05) is 6.92 Å². The first-order chi connectivity index (χ1) is 8.68. The molecule has 2 heterocycles. The minimum atomic E-state index is -0.293. The normalized spacial score (nSPS) is 18.7. The Hall–Kier alpha value is -1.39. The van der Waals surface area contributed by atoms with Crippen molar-refractivity contribution < 1.29 is 4.39 Å². The minimum Gasteiger partial charge on any atom is -0.348 e. The lowest BCUT2D eigenvalue weighted by Gasteiger charge is -2.25. The number of halogens is 2. The Morgan fingerprint density at radius 1 is 1.44 bits per heavy atom. The van der Waals surface area contributed by atoms with Gasteiger partial charge in [-0.3, -0.25) is 0 Å². The Bertz CT molecular complexity index is 594. The predicted molar refractivity (Wildman–Crippen MR) is 68.3 cm³/mol. The minimum absolute atomic E-state index is 0.271. The number of imidazole rings is 1. The van der Waals surface area contributed by atoms with Gasteiger partial charge < -0.3 is 10.3 Å². The summed E-state index contributed by atoms with van der Waals surface area (Å²) in [6.45, 7) is 2.66. The van der Waals surface area contributed by atoms with Gasteiger partial charge in [-0.25, -0.2) is 9.37 Å². The maximum atomic E-state index is 14.1. The van der Waals surface area contributed by atoms with E-state index in [9.17, 15) is 4.39 Å². The van der Waals surface area contributed by atoms with E-state index >= 15 is 0 Å². The van der Waals surface area contributed by atoms with Gasteiger partial charge in [-0.2, -0.15) is 0 Å². The van der Waals surface area contributed by atoms with Crippen LogP contribution in [-0.2, 0) is 6.42 Å². The van der Waals surface area contributed by atoms with Gasteiger partial charge in [0, 0.05) is 24.2 Å². The number of hydrogen-bond acceptors (Lipinski definition) is 2. The molecule has 0 saturated heterocycles. The zero-order valence-electron chi connectivity index (χ0n) is 9.93. The fourth-order valence-electron chi connectivity index (χ4n) is 2.40. The van der Waals surface area contributed by atoms with Crippen molar-refractivity contribution in [2.75, 3.05) is 6.54 Å². The third kappa shape index (κ3) is 1.72. The quantitative estimate of drug-likeness (QED) is 0.832. The van der Waals surface area contributed by atoms with Crippen molar-refractivity contribution in [3.05, 3.63) is 51.8 Å². The number of hydrogen-bond donors (Lipinski definition) is 2. The maximum Gasteiger partial charge on any atom is 0.129 e. The molecule has 1 atom stereocenters. The topological polar surface area (TPSA) is 40.7 Å². The van der Waals surface area contributed by atoms with Crippen molar-refractivity contribution in [3.63, 3.8) is 0 Å². The summed E-state index contributed by atoms with van der Waals surface area (Å²) >= 11 is 6.25. The van der Waals surface area contributed by atoms with Gasteiger partial charge in [-0.1, -0.05) is 17.7 Å². The molecule has 3 rings (SSSR count). The summed E-state index contributed by atoms with van der Waals surface area (Å²) in [6.07, 6.45) is 2.52. The van der Waals surface area contributed by atoms with Crippen LogP contribution in [0, 0.1) is 12.7 Å². The van der Waals surface area contributed by atoms with Gasteiger partial charge in [0.1, 0.15) is 5.82 Å². The van der Waals surface area contributed by atoms with Gasteiger partial charge >= 0.3 is 0 Å². The van der Waals surface area contributed by atoms with Crippen LogP contribution in [0.15, 0.2) is 18.5 Å². The van der Waals surface area contributed by atoms with Crippen molar-refractivity contribution >= 4 is 11.6 Å². The molecule has 5 heteroatoms. The van der Waals surface area contributed by atoms with Crippen molar-refractivity contribution in [1.29, 1.82) is 0 Å². The molecule has 0 bridgehead atoms. The number of benzene rings is 1. The molecule has 0 aliphatic carbocycles. The van der Waals surface area contributed by atoms with E-state index < -0.39 is 0 Å². The number of nitrogens with one attached hydrogen (secondary N) is 2. The molecule has 3 nitrogen and oxygen atoms in total. The van der Waals surface area contributed by atoms with Gasteiger partial charge in [0.15, 0.2) is 0 Å². The molecule has 0 radical (unpaired) electrons. The molecule has 94 valence electrons. The van der Waals surface area contributed by atoms with E-state index in [-0.39, 0.29) is 11.9 Å². The molecule has 0 amide bonds. The first-order valence-electron chi connectivity index (χ1n) is 5.88. The molecule has 1 aliphatic heterocycles. The molecule has 1 aliphatic rings. The Morgan fingerprint density at radius 3 is 3.11 bits per heavy atom. The van der Waals surface area contributed by atoms with Crippen LogP contribution in [0.3, 0.4) is 0 Å². The smallest absolute Gasteiger partial charge is 0.129 e. The van der Waals surface area contributed by atoms with E-state index in [1.165, 1.54) is 6.07 Å². The SMILES string of the molecule is Cc1ccc(F)c([C@@H]2NCCc3[nH]cnc32)c1Cl. The van der Waals surface area contributed by atoms with Gasteiger partial charge in [-0.05, 0) is 18.6 Å². The Morgan fingerprint density at radius 2 is 2.28 bits per heavy atom. The highest BCUT2D eigenvalue weighted by atomic mass is 35.5. The van der Waals surface area contributed by atoms with Crippen molar-refractivity contribution in [1.82, 2.24) is 15.3 Å². The first kappa shape index (κ1) is 11.7. The summed E-state index contributed by atoms with van der Waals surface area (Å²) in [5, 5.41) is 3.75. The standard InChI is InChI=1S/C13H13ClFN3/c1-7-2-3-8(15)10(11(7)14)13-12-9(4-5-16-13)17-6-18-12/h2-3,6,13,16H,4-5H2,1H3,(H,17,18)/t13-/m0/s1. The summed E-state index contributed by atoms with van der Waals surface area (Å²) in [5.74, 6) is -0.293. The lowest BCUT2D eigenvalue weighted by Crippen LogP contribution is -2.31. The van der Waals surface area contributed by atoms with E-state index in [0.29, 0.717) is 10.6 Å². The summed E-state index contributed by atoms with van der Waals surface area (Å²) in [4.78, 5) is 7.38. The summed E-state index contributed by atoms with van der Waals surface area (Å²) < 4.78 is 14.1. The number of H-pyrrole nitrogens is 1. The number of rotatable bonds is 1.